The average Bonchev–Trinajstić information content (AvgIpc) is 2.45. The fraction of sp³-hybridized carbons (Fsp3) is 0.467. The van der Waals surface area contributed by atoms with Crippen molar-refractivity contribution < 1.29 is 31.8 Å². The van der Waals surface area contributed by atoms with E-state index in [1.165, 1.54) is 0 Å². The summed E-state index contributed by atoms with van der Waals surface area (Å²) in [7, 11) is 0. The minimum Gasteiger partial charge on any atom is -0.473 e. The van der Waals surface area contributed by atoms with Gasteiger partial charge in [-0.1, -0.05) is 0 Å². The first-order chi connectivity index (χ1) is 11.0. The van der Waals surface area contributed by atoms with Crippen LogP contribution in [0.25, 0.3) is 0 Å². The Bertz CT molecular complexity index is 578. The molecular weight excluding hydrogens is 332 g/mol. The molecule has 0 bridgehead atoms. The quantitative estimate of drug-likeness (QED) is 0.820. The number of carbonyl (C=O) groups excluding carboxylic acids is 1. The van der Waals surface area contributed by atoms with E-state index in [4.69, 9.17) is 9.47 Å². The van der Waals surface area contributed by atoms with Gasteiger partial charge in [0.15, 0.2) is 0 Å². The third-order valence-corrected chi connectivity index (χ3v) is 2.48. The van der Waals surface area contributed by atoms with Crippen LogP contribution in [0.5, 0.6) is 5.88 Å². The summed E-state index contributed by atoms with van der Waals surface area (Å²) in [6.45, 7) is 4.57. The number of amides is 1. The molecule has 0 saturated heterocycles. The zero-order chi connectivity index (χ0) is 18.4. The van der Waals surface area contributed by atoms with Crippen LogP contribution in [-0.4, -0.2) is 29.8 Å². The lowest BCUT2D eigenvalue weighted by Crippen LogP contribution is -2.34. The van der Waals surface area contributed by atoms with Gasteiger partial charge in [0.05, 0.1) is 11.9 Å². The van der Waals surface area contributed by atoms with Crippen molar-refractivity contribution in [2.45, 2.75) is 32.5 Å². The minimum absolute atomic E-state index is 0.0579. The Hall–Kier alpha value is -2.32. The van der Waals surface area contributed by atoms with Crippen molar-refractivity contribution in [1.82, 2.24) is 10.3 Å². The number of aromatic nitrogens is 1. The third kappa shape index (κ3) is 7.30. The Morgan fingerprint density at radius 3 is 2.42 bits per heavy atom. The molecule has 0 unspecified atom stereocenters. The lowest BCUT2D eigenvalue weighted by Gasteiger charge is -2.20. The van der Waals surface area contributed by atoms with Crippen LogP contribution in [0.3, 0.4) is 0 Å². The van der Waals surface area contributed by atoms with E-state index in [1.807, 2.05) is 0 Å². The highest BCUT2D eigenvalue weighted by atomic mass is 19.4. The normalized spacial score (nSPS) is 12.7. The van der Waals surface area contributed by atoms with Crippen LogP contribution < -0.4 is 10.1 Å². The molecule has 0 aliphatic heterocycles. The van der Waals surface area contributed by atoms with Crippen LogP contribution in [0.4, 0.5) is 22.4 Å². The molecule has 1 aromatic rings. The molecule has 0 aliphatic carbocycles. The highest BCUT2D eigenvalue weighted by molar-refractivity contribution is 5.68. The zero-order valence-electron chi connectivity index (χ0n) is 13.4. The number of nitrogens with zero attached hydrogens (tertiary/aromatic N) is 1. The first kappa shape index (κ1) is 19.7. The highest BCUT2D eigenvalue weighted by Gasteiger charge is 2.30. The van der Waals surface area contributed by atoms with Gasteiger partial charge in [-0.3, -0.25) is 0 Å². The Kier molecular flexibility index (Phi) is 6.56. The van der Waals surface area contributed by atoms with Gasteiger partial charge in [-0.05, 0) is 26.8 Å². The highest BCUT2D eigenvalue weighted by Crippen LogP contribution is 2.29. The number of pyridine rings is 1. The maximum atomic E-state index is 12.8. The zero-order valence-corrected chi connectivity index (χ0v) is 13.4. The van der Waals surface area contributed by atoms with Gasteiger partial charge in [-0.2, -0.15) is 13.2 Å². The second-order valence-electron chi connectivity index (χ2n) is 5.79. The Balaban J connectivity index is 2.48. The molecule has 0 aromatic carbocycles. The van der Waals surface area contributed by atoms with Crippen molar-refractivity contribution in [3.8, 4) is 5.88 Å². The second kappa shape index (κ2) is 7.98. The van der Waals surface area contributed by atoms with Gasteiger partial charge < -0.3 is 14.8 Å². The van der Waals surface area contributed by atoms with Crippen molar-refractivity contribution >= 4 is 6.09 Å². The Morgan fingerprint density at radius 2 is 1.96 bits per heavy atom. The molecule has 0 spiro atoms. The van der Waals surface area contributed by atoms with E-state index in [1.54, 1.807) is 20.8 Å². The van der Waals surface area contributed by atoms with E-state index in [0.29, 0.717) is 6.20 Å². The van der Waals surface area contributed by atoms with E-state index < -0.39 is 23.4 Å². The molecule has 0 radical (unpaired) electrons. The van der Waals surface area contributed by atoms with Crippen molar-refractivity contribution in [2.24, 2.45) is 0 Å². The summed E-state index contributed by atoms with van der Waals surface area (Å²) in [5.74, 6) is -0.0976. The molecule has 24 heavy (non-hydrogen) atoms. The molecule has 0 atom stereocenters. The summed E-state index contributed by atoms with van der Waals surface area (Å²) < 4.78 is 60.0. The fourth-order valence-corrected chi connectivity index (χ4v) is 1.42. The molecule has 9 heteroatoms. The Labute approximate surface area is 136 Å². The molecule has 1 aromatic heterocycles. The van der Waals surface area contributed by atoms with Crippen molar-refractivity contribution in [3.05, 3.63) is 35.8 Å². The number of rotatable bonds is 5. The van der Waals surface area contributed by atoms with E-state index in [0.717, 1.165) is 12.1 Å². The van der Waals surface area contributed by atoms with Crippen molar-refractivity contribution in [2.75, 3.05) is 13.2 Å². The molecule has 1 N–H and O–H groups in total. The first-order valence-electron chi connectivity index (χ1n) is 6.92. The van der Waals surface area contributed by atoms with Gasteiger partial charge in [0.2, 0.25) is 5.88 Å². The van der Waals surface area contributed by atoms with Gasteiger partial charge >= 0.3 is 12.3 Å². The summed E-state index contributed by atoms with van der Waals surface area (Å²) in [6.07, 6.45) is -4.36. The number of alkyl halides is 3. The second-order valence-corrected chi connectivity index (χ2v) is 5.79. The molecular formula is C15H18F4N2O3. The number of hydrogen-bond donors (Lipinski definition) is 1. The largest absolute Gasteiger partial charge is 0.473 e. The van der Waals surface area contributed by atoms with Gasteiger partial charge in [0.1, 0.15) is 12.2 Å². The first-order valence-corrected chi connectivity index (χ1v) is 6.92. The lowest BCUT2D eigenvalue weighted by molar-refractivity contribution is -0.137. The minimum atomic E-state index is -4.49. The molecule has 134 valence electrons. The maximum Gasteiger partial charge on any atom is 0.417 e. The van der Waals surface area contributed by atoms with Crippen molar-refractivity contribution in [3.63, 3.8) is 0 Å². The van der Waals surface area contributed by atoms with Crippen LogP contribution in [0.2, 0.25) is 0 Å². The molecule has 1 rings (SSSR count). The van der Waals surface area contributed by atoms with Crippen molar-refractivity contribution in [1.29, 1.82) is 0 Å². The van der Waals surface area contributed by atoms with E-state index in [-0.39, 0.29) is 30.9 Å². The molecule has 1 amide bonds. The smallest absolute Gasteiger partial charge is 0.417 e. The lowest BCUT2D eigenvalue weighted by atomic mass is 10.2. The summed E-state index contributed by atoms with van der Waals surface area (Å²) >= 11 is 0. The number of hydrogen-bond acceptors (Lipinski definition) is 4. The summed E-state index contributed by atoms with van der Waals surface area (Å²) in [6, 6.07) is 1.83. The van der Waals surface area contributed by atoms with Gasteiger partial charge in [-0.25, -0.2) is 14.2 Å². The van der Waals surface area contributed by atoms with E-state index in [9.17, 15) is 22.4 Å². The molecule has 0 fully saturated rings. The molecule has 1 heterocycles. The summed E-state index contributed by atoms with van der Waals surface area (Å²) in [5.41, 5.74) is -1.55. The summed E-state index contributed by atoms with van der Waals surface area (Å²) in [4.78, 5) is 14.9. The number of halogens is 4. The Morgan fingerprint density at radius 1 is 1.29 bits per heavy atom. The number of carbonyl (C=O) groups is 1. The van der Waals surface area contributed by atoms with Crippen LogP contribution in [0.1, 0.15) is 26.3 Å². The molecule has 0 saturated carbocycles. The maximum absolute atomic E-state index is 12.8. The van der Waals surface area contributed by atoms with Crippen LogP contribution in [0.15, 0.2) is 30.2 Å². The van der Waals surface area contributed by atoms with Gasteiger partial charge in [0, 0.05) is 24.4 Å². The summed E-state index contributed by atoms with van der Waals surface area (Å²) in [5, 5.41) is 2.34. The SMILES string of the molecule is CC(C)(C)OC(=O)NC/C(=C/F)COc1ccc(C(F)(F)F)cn1. The van der Waals surface area contributed by atoms with Crippen LogP contribution in [0, 0.1) is 0 Å². The van der Waals surface area contributed by atoms with Gasteiger partial charge in [0.25, 0.3) is 0 Å². The van der Waals surface area contributed by atoms with E-state index in [2.05, 4.69) is 10.3 Å². The number of alkyl carbamates (subject to hydrolysis) is 1. The average molecular weight is 350 g/mol. The number of ether oxygens (including phenoxy) is 2. The van der Waals surface area contributed by atoms with Gasteiger partial charge in [-0.15, -0.1) is 0 Å². The predicted molar refractivity (Wildman–Crippen MR) is 78.2 cm³/mol. The predicted octanol–water partition coefficient (Wildman–Crippen LogP) is 3.86. The number of nitrogens with one attached hydrogen (secondary N) is 1. The monoisotopic (exact) mass is 350 g/mol. The van der Waals surface area contributed by atoms with Crippen LogP contribution >= 0.6 is 0 Å². The topological polar surface area (TPSA) is 60.5 Å². The molecule has 0 aliphatic rings. The van der Waals surface area contributed by atoms with E-state index >= 15 is 0 Å². The fourth-order valence-electron chi connectivity index (χ4n) is 1.42. The standard InChI is InChI=1S/C15H18F4N2O3/c1-14(2,3)24-13(22)21-7-10(6-16)9-23-12-5-4-11(8-20-12)15(17,18)19/h4-6,8H,7,9H2,1-3H3,(H,21,22)/b10-6-. The third-order valence-electron chi connectivity index (χ3n) is 2.48. The van der Waals surface area contributed by atoms with Crippen LogP contribution in [-0.2, 0) is 10.9 Å². The molecule has 5 nitrogen and oxygen atoms in total.